The summed E-state index contributed by atoms with van der Waals surface area (Å²) in [6, 6.07) is 0. The highest BCUT2D eigenvalue weighted by Crippen LogP contribution is 1.93. The second-order valence-electron chi connectivity index (χ2n) is 3.38. The molecular weight excluding hydrogens is 234 g/mol. The molecule has 5 heteroatoms. The number of allylic oxidation sites excluding steroid dienone is 3. The fourth-order valence-corrected chi connectivity index (χ4v) is 0.490. The van der Waals surface area contributed by atoms with Crippen LogP contribution < -0.4 is 5.73 Å². The minimum absolute atomic E-state index is 0.403. The van der Waals surface area contributed by atoms with Gasteiger partial charge < -0.3 is 25.8 Å². The Balaban J connectivity index is -0.000000197. The van der Waals surface area contributed by atoms with Gasteiger partial charge in [0.15, 0.2) is 0 Å². The lowest BCUT2D eigenvalue weighted by molar-refractivity contribution is 0.0698. The Morgan fingerprint density at radius 3 is 1.50 bits per heavy atom. The SMILES string of the molecule is C=C/C=C/C.CCOCC.NC(CO)(CO)CO. The number of nitrogens with two attached hydrogens (primary N) is 1. The third kappa shape index (κ3) is 20.7. The van der Waals surface area contributed by atoms with E-state index in [1.165, 1.54) is 0 Å². The van der Waals surface area contributed by atoms with Crippen LogP contribution >= 0.6 is 0 Å². The highest BCUT2D eigenvalue weighted by Gasteiger charge is 2.20. The van der Waals surface area contributed by atoms with Gasteiger partial charge in [0.05, 0.1) is 25.4 Å². The predicted octanol–water partition coefficient (Wildman–Crippen LogP) is 0.452. The van der Waals surface area contributed by atoms with Crippen molar-refractivity contribution in [2.45, 2.75) is 26.3 Å². The van der Waals surface area contributed by atoms with Gasteiger partial charge in [0, 0.05) is 13.2 Å². The standard InChI is InChI=1S/C5H8.C4H11NO3.C4H10O/c1-3-5-4-2;5-4(1-6,2-7)3-8;1-3-5-4-2/h3-5H,1H2,2H3;6-8H,1-3,5H2;3-4H2,1-2H3/b5-4+;;. The van der Waals surface area contributed by atoms with Crippen LogP contribution in [0, 0.1) is 0 Å². The quantitative estimate of drug-likeness (QED) is 0.522. The van der Waals surface area contributed by atoms with E-state index in [0.29, 0.717) is 0 Å². The molecule has 0 bridgehead atoms. The summed E-state index contributed by atoms with van der Waals surface area (Å²) >= 11 is 0. The summed E-state index contributed by atoms with van der Waals surface area (Å²) in [5, 5.41) is 25.0. The van der Waals surface area contributed by atoms with Gasteiger partial charge in [-0.25, -0.2) is 0 Å². The number of rotatable bonds is 6. The number of aliphatic hydroxyl groups is 3. The molecule has 0 radical (unpaired) electrons. The minimum atomic E-state index is -1.21. The van der Waals surface area contributed by atoms with Crippen LogP contribution in [0.1, 0.15) is 20.8 Å². The van der Waals surface area contributed by atoms with Crippen molar-refractivity contribution in [3.63, 3.8) is 0 Å². The van der Waals surface area contributed by atoms with E-state index < -0.39 is 25.4 Å². The summed E-state index contributed by atoms with van der Waals surface area (Å²) in [6.07, 6.45) is 5.58. The normalized spacial score (nSPS) is 10.2. The molecule has 0 unspecified atom stereocenters. The number of hydrogen-bond acceptors (Lipinski definition) is 5. The Bertz CT molecular complexity index is 170. The summed E-state index contributed by atoms with van der Waals surface area (Å²) < 4.78 is 4.83. The smallest absolute Gasteiger partial charge is 0.0856 e. The molecule has 0 aromatic carbocycles. The lowest BCUT2D eigenvalue weighted by atomic mass is 10.1. The molecule has 0 rings (SSSR count). The molecule has 0 fully saturated rings. The van der Waals surface area contributed by atoms with E-state index in [9.17, 15) is 0 Å². The van der Waals surface area contributed by atoms with Crippen molar-refractivity contribution in [1.29, 1.82) is 0 Å². The van der Waals surface area contributed by atoms with Gasteiger partial charge in [-0.15, -0.1) is 0 Å². The summed E-state index contributed by atoms with van der Waals surface area (Å²) in [5.74, 6) is 0. The minimum Gasteiger partial charge on any atom is -0.394 e. The molecule has 0 saturated heterocycles. The molecule has 5 nitrogen and oxygen atoms in total. The van der Waals surface area contributed by atoms with Gasteiger partial charge in [-0.2, -0.15) is 0 Å². The maximum Gasteiger partial charge on any atom is 0.0856 e. The first-order valence-corrected chi connectivity index (χ1v) is 5.94. The predicted molar refractivity (Wildman–Crippen MR) is 75.4 cm³/mol. The Labute approximate surface area is 111 Å². The third-order valence-electron chi connectivity index (χ3n) is 1.68. The Kier molecular flexibility index (Phi) is 23.3. The van der Waals surface area contributed by atoms with Crippen LogP contribution in [0.4, 0.5) is 0 Å². The number of aliphatic hydroxyl groups excluding tert-OH is 3. The van der Waals surface area contributed by atoms with Crippen LogP contribution in [0.2, 0.25) is 0 Å². The van der Waals surface area contributed by atoms with Gasteiger partial charge in [0.1, 0.15) is 0 Å². The first-order valence-electron chi connectivity index (χ1n) is 5.94. The maximum absolute atomic E-state index is 8.34. The van der Waals surface area contributed by atoms with E-state index in [-0.39, 0.29) is 0 Å². The molecular formula is C13H29NO4. The molecule has 0 saturated carbocycles. The Morgan fingerprint density at radius 1 is 1.11 bits per heavy atom. The van der Waals surface area contributed by atoms with Crippen molar-refractivity contribution in [2.24, 2.45) is 5.73 Å². The van der Waals surface area contributed by atoms with Gasteiger partial charge in [-0.3, -0.25) is 0 Å². The molecule has 0 amide bonds. The van der Waals surface area contributed by atoms with Crippen LogP contribution in [0.5, 0.6) is 0 Å². The van der Waals surface area contributed by atoms with Crippen LogP contribution in [-0.4, -0.2) is 53.9 Å². The highest BCUT2D eigenvalue weighted by molar-refractivity contribution is 4.94. The fraction of sp³-hybridized carbons (Fsp3) is 0.692. The summed E-state index contributed by atoms with van der Waals surface area (Å²) in [7, 11) is 0. The lowest BCUT2D eigenvalue weighted by Crippen LogP contribution is -2.50. The molecule has 0 aliphatic rings. The van der Waals surface area contributed by atoms with Gasteiger partial charge in [0.25, 0.3) is 0 Å². The summed E-state index contributed by atoms with van der Waals surface area (Å²) in [4.78, 5) is 0. The molecule has 0 heterocycles. The molecule has 18 heavy (non-hydrogen) atoms. The fourth-order valence-electron chi connectivity index (χ4n) is 0.490. The summed E-state index contributed by atoms with van der Waals surface area (Å²) in [6.45, 7) is 9.88. The van der Waals surface area contributed by atoms with E-state index in [0.717, 1.165) is 13.2 Å². The molecule has 5 N–H and O–H groups in total. The zero-order chi connectivity index (χ0) is 14.9. The second-order valence-corrected chi connectivity index (χ2v) is 3.38. The zero-order valence-electron chi connectivity index (χ0n) is 11.8. The van der Waals surface area contributed by atoms with E-state index >= 15 is 0 Å². The molecule has 0 aromatic rings. The average Bonchev–Trinajstić information content (AvgIpc) is 2.41. The highest BCUT2D eigenvalue weighted by atomic mass is 16.5. The Hall–Kier alpha value is -0.720. The van der Waals surface area contributed by atoms with Crippen molar-refractivity contribution >= 4 is 0 Å². The molecule has 0 aromatic heterocycles. The third-order valence-corrected chi connectivity index (χ3v) is 1.68. The van der Waals surface area contributed by atoms with E-state index in [2.05, 4.69) is 6.58 Å². The topological polar surface area (TPSA) is 95.9 Å². The monoisotopic (exact) mass is 263 g/mol. The van der Waals surface area contributed by atoms with Crippen LogP contribution in [0.15, 0.2) is 24.8 Å². The van der Waals surface area contributed by atoms with Crippen molar-refractivity contribution in [3.05, 3.63) is 24.8 Å². The molecule has 0 aliphatic carbocycles. The first-order chi connectivity index (χ1) is 8.51. The van der Waals surface area contributed by atoms with Gasteiger partial charge in [0.2, 0.25) is 0 Å². The first kappa shape index (κ1) is 22.5. The van der Waals surface area contributed by atoms with Crippen molar-refractivity contribution in [3.8, 4) is 0 Å². The number of hydrogen-bond donors (Lipinski definition) is 4. The van der Waals surface area contributed by atoms with Crippen LogP contribution in [0.25, 0.3) is 0 Å². The van der Waals surface area contributed by atoms with E-state index in [4.69, 9.17) is 25.8 Å². The van der Waals surface area contributed by atoms with Gasteiger partial charge in [-0.1, -0.05) is 24.8 Å². The largest absolute Gasteiger partial charge is 0.394 e. The summed E-state index contributed by atoms with van der Waals surface area (Å²) in [5.41, 5.74) is 3.94. The Morgan fingerprint density at radius 2 is 1.50 bits per heavy atom. The number of ether oxygens (including phenoxy) is 1. The second kappa shape index (κ2) is 18.6. The van der Waals surface area contributed by atoms with Gasteiger partial charge >= 0.3 is 0 Å². The van der Waals surface area contributed by atoms with E-state index in [1.54, 1.807) is 6.08 Å². The van der Waals surface area contributed by atoms with Gasteiger partial charge in [-0.05, 0) is 20.8 Å². The van der Waals surface area contributed by atoms with Crippen molar-refractivity contribution in [1.82, 2.24) is 0 Å². The molecule has 0 spiro atoms. The van der Waals surface area contributed by atoms with Crippen LogP contribution in [0.3, 0.4) is 0 Å². The molecule has 0 aliphatic heterocycles. The zero-order valence-corrected chi connectivity index (χ0v) is 11.8. The molecule has 110 valence electrons. The van der Waals surface area contributed by atoms with Crippen molar-refractivity contribution in [2.75, 3.05) is 33.0 Å². The molecule has 0 atom stereocenters. The van der Waals surface area contributed by atoms with Crippen LogP contribution in [-0.2, 0) is 4.74 Å². The maximum atomic E-state index is 8.34. The van der Waals surface area contributed by atoms with E-state index in [1.807, 2.05) is 32.9 Å². The van der Waals surface area contributed by atoms with Crippen molar-refractivity contribution < 1.29 is 20.1 Å². The average molecular weight is 263 g/mol. The lowest BCUT2D eigenvalue weighted by Gasteiger charge is -2.20.